The first kappa shape index (κ1) is 78.1. The van der Waals surface area contributed by atoms with Gasteiger partial charge in [0.1, 0.15) is 0 Å². The topological polar surface area (TPSA) is 95.9 Å². The molecule has 0 fully saturated rings. The van der Waals surface area contributed by atoms with Gasteiger partial charge in [-0.1, -0.05) is 346 Å². The summed E-state index contributed by atoms with van der Waals surface area (Å²) in [6.45, 7) is 4.94. The van der Waals surface area contributed by atoms with Crippen LogP contribution in [0, 0.1) is 0 Å². The minimum atomic E-state index is -0.669. The number of hydrogen-bond acceptors (Lipinski definition) is 5. The Bertz CT molecular complexity index is 1300. The molecule has 0 rings (SSSR count). The molecule has 0 saturated heterocycles. The molecule has 0 heterocycles. The molecular formula is C74H141NO5. The smallest absolute Gasteiger partial charge is 0.305 e. The Kier molecular flexibility index (Phi) is 67.9. The summed E-state index contributed by atoms with van der Waals surface area (Å²) in [7, 11) is 0. The fourth-order valence-corrected chi connectivity index (χ4v) is 11.4. The average Bonchev–Trinajstić information content (AvgIpc) is 3.46. The van der Waals surface area contributed by atoms with Gasteiger partial charge in [-0.2, -0.15) is 0 Å². The molecule has 0 aromatic carbocycles. The zero-order valence-corrected chi connectivity index (χ0v) is 54.1. The van der Waals surface area contributed by atoms with Crippen molar-refractivity contribution in [3.05, 3.63) is 36.5 Å². The molecule has 0 saturated carbocycles. The van der Waals surface area contributed by atoms with Crippen LogP contribution in [-0.4, -0.2) is 47.4 Å². The third-order valence-corrected chi connectivity index (χ3v) is 16.9. The molecule has 0 aromatic rings. The molecule has 3 N–H and O–H groups in total. The van der Waals surface area contributed by atoms with Gasteiger partial charge < -0.3 is 20.3 Å². The summed E-state index contributed by atoms with van der Waals surface area (Å²) in [5, 5.41) is 23.5. The van der Waals surface area contributed by atoms with E-state index < -0.39 is 12.1 Å². The second-order valence-corrected chi connectivity index (χ2v) is 24.9. The molecule has 6 heteroatoms. The van der Waals surface area contributed by atoms with Crippen LogP contribution in [0.4, 0.5) is 0 Å². The van der Waals surface area contributed by atoms with Gasteiger partial charge >= 0.3 is 5.97 Å². The molecule has 2 atom stereocenters. The first-order chi connectivity index (χ1) is 39.5. The highest BCUT2D eigenvalue weighted by Gasteiger charge is 2.20. The number of nitrogens with one attached hydrogen (secondary N) is 1. The summed E-state index contributed by atoms with van der Waals surface area (Å²) < 4.78 is 5.48. The van der Waals surface area contributed by atoms with Crippen molar-refractivity contribution < 1.29 is 24.5 Å². The molecule has 0 radical (unpaired) electrons. The first-order valence-corrected chi connectivity index (χ1v) is 36.2. The summed E-state index contributed by atoms with van der Waals surface area (Å²) in [5.74, 6) is -0.0366. The average molecular weight is 1120 g/mol. The van der Waals surface area contributed by atoms with Gasteiger partial charge in [-0.3, -0.25) is 9.59 Å². The highest BCUT2D eigenvalue weighted by molar-refractivity contribution is 5.76. The van der Waals surface area contributed by atoms with Crippen LogP contribution in [-0.2, 0) is 14.3 Å². The number of allylic oxidation sites excluding steroid dienone is 6. The fourth-order valence-electron chi connectivity index (χ4n) is 11.4. The molecule has 1 amide bonds. The maximum absolute atomic E-state index is 12.6. The molecule has 0 spiro atoms. The second kappa shape index (κ2) is 69.6. The minimum Gasteiger partial charge on any atom is -0.466 e. The lowest BCUT2D eigenvalue weighted by Crippen LogP contribution is -2.45. The van der Waals surface area contributed by atoms with E-state index in [4.69, 9.17) is 4.74 Å². The summed E-state index contributed by atoms with van der Waals surface area (Å²) in [6, 6.07) is -0.547. The molecule has 0 aliphatic rings. The van der Waals surface area contributed by atoms with E-state index in [0.717, 1.165) is 51.4 Å². The zero-order chi connectivity index (χ0) is 57.8. The SMILES string of the molecule is CCCC/C=C\C/C=C\CCCCCCCC(=O)OCCCCCCCCCCCCCC/C=C\CCCCCCCCCCC(=O)NC(CO)C(O)CCCCCCCCCCCCCCCCCCCCCCCCCCC. The van der Waals surface area contributed by atoms with Gasteiger partial charge in [-0.25, -0.2) is 0 Å². The van der Waals surface area contributed by atoms with Gasteiger partial charge in [-0.15, -0.1) is 0 Å². The number of amides is 1. The van der Waals surface area contributed by atoms with Crippen LogP contribution in [0.5, 0.6) is 0 Å². The lowest BCUT2D eigenvalue weighted by molar-refractivity contribution is -0.143. The monoisotopic (exact) mass is 1120 g/mol. The van der Waals surface area contributed by atoms with Crippen LogP contribution in [0.1, 0.15) is 399 Å². The highest BCUT2D eigenvalue weighted by Crippen LogP contribution is 2.19. The second-order valence-electron chi connectivity index (χ2n) is 24.9. The number of unbranched alkanes of at least 4 members (excludes halogenated alkanes) is 51. The third kappa shape index (κ3) is 65.2. The minimum absolute atomic E-state index is 0.00146. The van der Waals surface area contributed by atoms with Crippen molar-refractivity contribution in [1.82, 2.24) is 5.32 Å². The molecule has 80 heavy (non-hydrogen) atoms. The standard InChI is InChI=1S/C74H141NO5/c1-3-5-7-9-11-13-15-17-19-20-21-22-23-24-27-30-33-36-39-42-46-50-54-58-62-66-72(77)71(70-76)75-73(78)67-63-59-55-51-47-43-40-37-34-31-28-25-26-29-32-35-38-41-45-49-53-57-61-65-69-80-74(79)68-64-60-56-52-48-44-18-16-14-12-10-8-6-4-2/h10,12,16,18,28,31,71-72,76-77H,3-9,11,13-15,17,19-27,29-30,32-70H2,1-2H3,(H,75,78)/b12-10-,18-16-,31-28-. The number of ether oxygens (including phenoxy) is 1. The maximum Gasteiger partial charge on any atom is 0.305 e. The van der Waals surface area contributed by atoms with Crippen molar-refractivity contribution in [1.29, 1.82) is 0 Å². The molecule has 0 aliphatic carbocycles. The van der Waals surface area contributed by atoms with Crippen molar-refractivity contribution in [3.63, 3.8) is 0 Å². The molecule has 6 nitrogen and oxygen atoms in total. The number of rotatable bonds is 68. The van der Waals surface area contributed by atoms with Crippen molar-refractivity contribution in [2.75, 3.05) is 13.2 Å². The lowest BCUT2D eigenvalue weighted by atomic mass is 10.0. The van der Waals surface area contributed by atoms with Crippen molar-refractivity contribution in [2.45, 2.75) is 411 Å². The quantitative estimate of drug-likeness (QED) is 0.0320. The number of aliphatic hydroxyl groups excluding tert-OH is 2. The molecule has 0 aliphatic heterocycles. The number of hydrogen-bond donors (Lipinski definition) is 3. The van der Waals surface area contributed by atoms with Crippen molar-refractivity contribution in [2.24, 2.45) is 0 Å². The molecule has 0 aromatic heterocycles. The Balaban J connectivity index is 3.41. The van der Waals surface area contributed by atoms with Gasteiger partial charge in [0.2, 0.25) is 5.91 Å². The van der Waals surface area contributed by atoms with E-state index in [1.165, 1.54) is 315 Å². The van der Waals surface area contributed by atoms with E-state index in [2.05, 4.69) is 55.6 Å². The van der Waals surface area contributed by atoms with Crippen LogP contribution in [0.25, 0.3) is 0 Å². The summed E-state index contributed by atoms with van der Waals surface area (Å²) >= 11 is 0. The summed E-state index contributed by atoms with van der Waals surface area (Å²) in [4.78, 5) is 24.6. The van der Waals surface area contributed by atoms with Crippen LogP contribution >= 0.6 is 0 Å². The van der Waals surface area contributed by atoms with E-state index >= 15 is 0 Å². The predicted octanol–water partition coefficient (Wildman–Crippen LogP) is 23.5. The Hall–Kier alpha value is -1.92. The normalized spacial score (nSPS) is 12.7. The number of carbonyl (C=O) groups is 2. The van der Waals surface area contributed by atoms with E-state index in [-0.39, 0.29) is 18.5 Å². The Morgan fingerprint density at radius 3 is 1.00 bits per heavy atom. The Morgan fingerprint density at radius 2 is 0.637 bits per heavy atom. The van der Waals surface area contributed by atoms with E-state index in [0.29, 0.717) is 25.9 Å². The Morgan fingerprint density at radius 1 is 0.350 bits per heavy atom. The summed E-state index contributed by atoms with van der Waals surface area (Å²) in [6.07, 6.45) is 89.1. The van der Waals surface area contributed by atoms with E-state index in [1.54, 1.807) is 0 Å². The van der Waals surface area contributed by atoms with Crippen LogP contribution in [0.15, 0.2) is 36.5 Å². The number of carbonyl (C=O) groups excluding carboxylic acids is 2. The molecule has 0 bridgehead atoms. The van der Waals surface area contributed by atoms with Crippen molar-refractivity contribution in [3.8, 4) is 0 Å². The van der Waals surface area contributed by atoms with Gasteiger partial charge in [0.25, 0.3) is 0 Å². The predicted molar refractivity (Wildman–Crippen MR) is 352 cm³/mol. The van der Waals surface area contributed by atoms with Gasteiger partial charge in [0.05, 0.1) is 25.4 Å². The fraction of sp³-hybridized carbons (Fsp3) is 0.892. The largest absolute Gasteiger partial charge is 0.466 e. The summed E-state index contributed by atoms with van der Waals surface area (Å²) in [5.41, 5.74) is 0. The van der Waals surface area contributed by atoms with Crippen molar-refractivity contribution >= 4 is 11.9 Å². The maximum atomic E-state index is 12.6. The van der Waals surface area contributed by atoms with Crippen LogP contribution < -0.4 is 5.32 Å². The van der Waals surface area contributed by atoms with Gasteiger partial charge in [0, 0.05) is 12.8 Å². The number of esters is 1. The molecule has 472 valence electrons. The molecular weight excluding hydrogens is 983 g/mol. The van der Waals surface area contributed by atoms with Gasteiger partial charge in [-0.05, 0) is 77.0 Å². The van der Waals surface area contributed by atoms with Crippen LogP contribution in [0.3, 0.4) is 0 Å². The van der Waals surface area contributed by atoms with E-state index in [1.807, 2.05) is 0 Å². The Labute approximate surface area is 500 Å². The third-order valence-electron chi connectivity index (χ3n) is 16.9. The van der Waals surface area contributed by atoms with Crippen LogP contribution in [0.2, 0.25) is 0 Å². The first-order valence-electron chi connectivity index (χ1n) is 36.2. The molecule has 2 unspecified atom stereocenters. The lowest BCUT2D eigenvalue weighted by Gasteiger charge is -2.22. The van der Waals surface area contributed by atoms with E-state index in [9.17, 15) is 19.8 Å². The zero-order valence-electron chi connectivity index (χ0n) is 54.1. The van der Waals surface area contributed by atoms with Gasteiger partial charge in [0.15, 0.2) is 0 Å². The highest BCUT2D eigenvalue weighted by atomic mass is 16.5. The number of aliphatic hydroxyl groups is 2.